The fourth-order valence-electron chi connectivity index (χ4n) is 4.42. The third kappa shape index (κ3) is 3.45. The van der Waals surface area contributed by atoms with Crippen LogP contribution in [0.1, 0.15) is 41.5 Å². The summed E-state index contributed by atoms with van der Waals surface area (Å²) in [6, 6.07) is 24.6. The predicted molar refractivity (Wildman–Crippen MR) is 114 cm³/mol. The van der Waals surface area contributed by atoms with E-state index in [-0.39, 0.29) is 0 Å². The van der Waals surface area contributed by atoms with Crippen molar-refractivity contribution in [3.8, 4) is 16.9 Å². The van der Waals surface area contributed by atoms with Crippen LogP contribution in [0.5, 0.6) is 5.75 Å². The first-order valence-corrected chi connectivity index (χ1v) is 10.4. The normalized spacial score (nSPS) is 16.6. The number of ether oxygens (including phenoxy) is 1. The van der Waals surface area contributed by atoms with Crippen molar-refractivity contribution in [1.82, 2.24) is 4.90 Å². The van der Waals surface area contributed by atoms with Crippen molar-refractivity contribution in [2.24, 2.45) is 0 Å². The summed E-state index contributed by atoms with van der Waals surface area (Å²) in [6.45, 7) is 4.99. The van der Waals surface area contributed by atoms with E-state index in [0.717, 1.165) is 24.9 Å². The van der Waals surface area contributed by atoms with E-state index in [9.17, 15) is 0 Å². The maximum absolute atomic E-state index is 6.14. The highest BCUT2D eigenvalue weighted by atomic mass is 16.5. The van der Waals surface area contributed by atoms with Crippen molar-refractivity contribution in [3.63, 3.8) is 0 Å². The van der Waals surface area contributed by atoms with Crippen LogP contribution in [0.4, 0.5) is 0 Å². The number of fused-ring (bicyclic) bond motifs is 1. The highest BCUT2D eigenvalue weighted by Gasteiger charge is 2.29. The van der Waals surface area contributed by atoms with Gasteiger partial charge in [-0.15, -0.1) is 0 Å². The van der Waals surface area contributed by atoms with E-state index < -0.39 is 0 Å². The summed E-state index contributed by atoms with van der Waals surface area (Å²) in [5, 5.41) is 0. The maximum Gasteiger partial charge on any atom is 0.120 e. The molecule has 0 saturated heterocycles. The van der Waals surface area contributed by atoms with Crippen molar-refractivity contribution in [3.05, 3.63) is 89.0 Å². The molecule has 0 radical (unpaired) electrons. The van der Waals surface area contributed by atoms with Gasteiger partial charge in [-0.05, 0) is 65.3 Å². The molecule has 0 spiro atoms. The van der Waals surface area contributed by atoms with E-state index in [1.54, 1.807) is 0 Å². The minimum absolute atomic E-state index is 0.612. The minimum atomic E-state index is 0.612. The lowest BCUT2D eigenvalue weighted by Gasteiger charge is -2.34. The molecule has 2 aliphatic rings. The van der Waals surface area contributed by atoms with Crippen LogP contribution in [0, 0.1) is 6.92 Å². The maximum atomic E-state index is 6.14. The number of rotatable bonds is 5. The second-order valence-electron chi connectivity index (χ2n) is 8.22. The van der Waals surface area contributed by atoms with Gasteiger partial charge in [-0.1, -0.05) is 61.0 Å². The molecule has 1 heterocycles. The van der Waals surface area contributed by atoms with E-state index in [1.807, 2.05) is 0 Å². The minimum Gasteiger partial charge on any atom is -0.489 e. The van der Waals surface area contributed by atoms with E-state index >= 15 is 0 Å². The topological polar surface area (TPSA) is 12.5 Å². The molecule has 3 aromatic rings. The Morgan fingerprint density at radius 3 is 2.46 bits per heavy atom. The molecular formula is C26H27NO. The Kier molecular flexibility index (Phi) is 4.66. The molecule has 0 unspecified atom stereocenters. The van der Waals surface area contributed by atoms with Gasteiger partial charge in [-0.25, -0.2) is 0 Å². The van der Waals surface area contributed by atoms with Crippen LogP contribution in [0.25, 0.3) is 11.1 Å². The van der Waals surface area contributed by atoms with E-state index in [2.05, 4.69) is 78.6 Å². The Labute approximate surface area is 167 Å². The SMILES string of the molecule is Cc1cc(COc2ccc3c(c2)CN(C2CCC2)C3)ccc1-c1ccccc1. The molecular weight excluding hydrogens is 342 g/mol. The Bertz CT molecular complexity index is 975. The van der Waals surface area contributed by atoms with Gasteiger partial charge < -0.3 is 4.74 Å². The number of aryl methyl sites for hydroxylation is 1. The molecule has 0 amide bonds. The molecule has 3 aromatic carbocycles. The molecule has 2 heteroatoms. The van der Waals surface area contributed by atoms with Crippen molar-refractivity contribution in [2.75, 3.05) is 0 Å². The molecule has 1 fully saturated rings. The van der Waals surface area contributed by atoms with Gasteiger partial charge in [0.25, 0.3) is 0 Å². The summed E-state index contributed by atoms with van der Waals surface area (Å²) in [4.78, 5) is 2.63. The largest absolute Gasteiger partial charge is 0.489 e. The zero-order valence-corrected chi connectivity index (χ0v) is 16.5. The molecule has 0 bridgehead atoms. The smallest absolute Gasteiger partial charge is 0.120 e. The van der Waals surface area contributed by atoms with Gasteiger partial charge in [-0.3, -0.25) is 4.90 Å². The highest BCUT2D eigenvalue weighted by Crippen LogP contribution is 2.34. The van der Waals surface area contributed by atoms with Crippen LogP contribution in [-0.2, 0) is 19.7 Å². The van der Waals surface area contributed by atoms with Gasteiger partial charge in [0.2, 0.25) is 0 Å². The Balaban J connectivity index is 1.25. The zero-order valence-electron chi connectivity index (χ0n) is 16.5. The van der Waals surface area contributed by atoms with Gasteiger partial charge in [0.05, 0.1) is 0 Å². The summed E-state index contributed by atoms with van der Waals surface area (Å²) in [5.41, 5.74) is 7.98. The number of nitrogens with zero attached hydrogens (tertiary/aromatic N) is 1. The van der Waals surface area contributed by atoms with Crippen LogP contribution in [-0.4, -0.2) is 10.9 Å². The van der Waals surface area contributed by atoms with Gasteiger partial charge >= 0.3 is 0 Å². The predicted octanol–water partition coefficient (Wildman–Crippen LogP) is 6.11. The van der Waals surface area contributed by atoms with Crippen LogP contribution in [0.15, 0.2) is 66.7 Å². The molecule has 0 N–H and O–H groups in total. The number of hydrogen-bond donors (Lipinski definition) is 0. The van der Waals surface area contributed by atoms with Crippen molar-refractivity contribution >= 4 is 0 Å². The van der Waals surface area contributed by atoms with Crippen LogP contribution in [0.3, 0.4) is 0 Å². The molecule has 1 aliphatic heterocycles. The number of hydrogen-bond acceptors (Lipinski definition) is 2. The lowest BCUT2D eigenvalue weighted by Crippen LogP contribution is -2.36. The molecule has 1 saturated carbocycles. The second kappa shape index (κ2) is 7.44. The third-order valence-corrected chi connectivity index (χ3v) is 6.30. The Morgan fingerprint density at radius 2 is 1.71 bits per heavy atom. The molecule has 1 aliphatic carbocycles. The standard InChI is InChI=1S/C26H27NO/c1-19-14-20(10-13-26(19)21-6-3-2-4-7-21)18-28-25-12-11-22-16-27(17-23(22)15-25)24-8-5-9-24/h2-4,6-7,10-15,24H,5,8-9,16-18H2,1H3. The first-order chi connectivity index (χ1) is 13.8. The van der Waals surface area contributed by atoms with Crippen molar-refractivity contribution in [2.45, 2.75) is 51.9 Å². The quantitative estimate of drug-likeness (QED) is 0.538. The fraction of sp³-hybridized carbons (Fsp3) is 0.308. The molecule has 142 valence electrons. The Morgan fingerprint density at radius 1 is 0.893 bits per heavy atom. The summed E-state index contributed by atoms with van der Waals surface area (Å²) in [5.74, 6) is 0.985. The Hall–Kier alpha value is -2.58. The lowest BCUT2D eigenvalue weighted by atomic mass is 9.92. The van der Waals surface area contributed by atoms with Crippen LogP contribution in [0.2, 0.25) is 0 Å². The summed E-state index contributed by atoms with van der Waals surface area (Å²) in [6.07, 6.45) is 4.14. The monoisotopic (exact) mass is 369 g/mol. The van der Waals surface area contributed by atoms with Crippen LogP contribution < -0.4 is 4.74 Å². The second-order valence-corrected chi connectivity index (χ2v) is 8.22. The van der Waals surface area contributed by atoms with Gasteiger partial charge in [0.1, 0.15) is 12.4 Å². The van der Waals surface area contributed by atoms with Crippen molar-refractivity contribution < 1.29 is 4.74 Å². The summed E-state index contributed by atoms with van der Waals surface area (Å²) < 4.78 is 6.14. The first-order valence-electron chi connectivity index (χ1n) is 10.4. The molecule has 0 atom stereocenters. The van der Waals surface area contributed by atoms with E-state index in [1.165, 1.54) is 52.6 Å². The van der Waals surface area contributed by atoms with Gasteiger partial charge in [0, 0.05) is 19.1 Å². The van der Waals surface area contributed by atoms with Gasteiger partial charge in [-0.2, -0.15) is 0 Å². The first kappa shape index (κ1) is 17.5. The average molecular weight is 370 g/mol. The fourth-order valence-corrected chi connectivity index (χ4v) is 4.42. The van der Waals surface area contributed by atoms with E-state index in [4.69, 9.17) is 4.74 Å². The third-order valence-electron chi connectivity index (χ3n) is 6.30. The highest BCUT2D eigenvalue weighted by molar-refractivity contribution is 5.67. The molecule has 0 aromatic heterocycles. The van der Waals surface area contributed by atoms with Crippen molar-refractivity contribution in [1.29, 1.82) is 0 Å². The lowest BCUT2D eigenvalue weighted by molar-refractivity contribution is 0.126. The van der Waals surface area contributed by atoms with E-state index in [0.29, 0.717) is 6.61 Å². The molecule has 28 heavy (non-hydrogen) atoms. The van der Waals surface area contributed by atoms with Gasteiger partial charge in [0.15, 0.2) is 0 Å². The molecule has 5 rings (SSSR count). The summed E-state index contributed by atoms with van der Waals surface area (Å²) in [7, 11) is 0. The van der Waals surface area contributed by atoms with Crippen LogP contribution >= 0.6 is 0 Å². The molecule has 2 nitrogen and oxygen atoms in total. The summed E-state index contributed by atoms with van der Waals surface area (Å²) >= 11 is 0. The zero-order chi connectivity index (χ0) is 18.9. The number of benzene rings is 3. The average Bonchev–Trinajstić information content (AvgIpc) is 3.08.